The van der Waals surface area contributed by atoms with E-state index in [0.717, 1.165) is 24.0 Å². The summed E-state index contributed by atoms with van der Waals surface area (Å²) in [6.45, 7) is 10.6. The predicted octanol–water partition coefficient (Wildman–Crippen LogP) is 4.92. The van der Waals surface area contributed by atoms with Gasteiger partial charge >= 0.3 is 12.1 Å². The molecule has 1 fully saturated rings. The van der Waals surface area contributed by atoms with Gasteiger partial charge in [0.15, 0.2) is 0 Å². The molecule has 0 N–H and O–H groups in total. The van der Waals surface area contributed by atoms with Gasteiger partial charge in [0.1, 0.15) is 12.2 Å². The summed E-state index contributed by atoms with van der Waals surface area (Å²) in [5.74, 6) is -0.366. The molecule has 1 aromatic carbocycles. The van der Waals surface area contributed by atoms with Gasteiger partial charge in [-0.15, -0.1) is 0 Å². The van der Waals surface area contributed by atoms with E-state index in [4.69, 9.17) is 25.8 Å². The number of aryl methyl sites for hydroxylation is 1. The Hall–Kier alpha value is -1.79. The average molecular weight is 426 g/mol. The topological polar surface area (TPSA) is 65.1 Å². The summed E-state index contributed by atoms with van der Waals surface area (Å²) in [5, 5.41) is 0.648. The lowest BCUT2D eigenvalue weighted by atomic mass is 9.86. The van der Waals surface area contributed by atoms with Crippen molar-refractivity contribution >= 4 is 23.7 Å². The lowest BCUT2D eigenvalue weighted by Crippen LogP contribution is -2.44. The molecule has 6 nitrogen and oxygen atoms in total. The van der Waals surface area contributed by atoms with Gasteiger partial charge in [-0.2, -0.15) is 0 Å². The molecule has 1 aliphatic rings. The molecule has 0 aliphatic carbocycles. The van der Waals surface area contributed by atoms with Gasteiger partial charge in [-0.25, -0.2) is 9.59 Å². The van der Waals surface area contributed by atoms with E-state index in [9.17, 15) is 9.59 Å². The number of ether oxygens (including phenoxy) is 3. The smallest absolute Gasteiger partial charge is 0.410 e. The second-order valence-corrected chi connectivity index (χ2v) is 8.80. The minimum Gasteiger partial charge on any atom is -0.464 e. The first-order chi connectivity index (χ1) is 13.6. The third-order valence-electron chi connectivity index (χ3n) is 4.76. The van der Waals surface area contributed by atoms with Crippen molar-refractivity contribution in [2.45, 2.75) is 59.2 Å². The Morgan fingerprint density at radius 1 is 1.31 bits per heavy atom. The third kappa shape index (κ3) is 7.19. The first kappa shape index (κ1) is 23.5. The van der Waals surface area contributed by atoms with Crippen LogP contribution >= 0.6 is 11.6 Å². The number of piperidine rings is 1. The van der Waals surface area contributed by atoms with Crippen molar-refractivity contribution in [3.63, 3.8) is 0 Å². The second kappa shape index (κ2) is 10.3. The number of carbonyl (C=O) groups excluding carboxylic acids is 2. The molecule has 2 atom stereocenters. The number of nitrogens with zero attached hydrogens (tertiary/aromatic N) is 1. The summed E-state index contributed by atoms with van der Waals surface area (Å²) >= 11 is 6.12. The molecule has 1 heterocycles. The molecule has 0 saturated carbocycles. The number of rotatable bonds is 6. The van der Waals surface area contributed by atoms with Crippen molar-refractivity contribution in [2.75, 3.05) is 26.3 Å². The van der Waals surface area contributed by atoms with Crippen LogP contribution in [-0.4, -0.2) is 48.9 Å². The molecule has 1 aromatic rings. The number of benzene rings is 1. The number of hydrogen-bond donors (Lipinski definition) is 0. The van der Waals surface area contributed by atoms with Crippen LogP contribution in [0.4, 0.5) is 4.79 Å². The maximum atomic E-state index is 12.6. The van der Waals surface area contributed by atoms with Crippen LogP contribution in [0.1, 0.15) is 57.8 Å². The monoisotopic (exact) mass is 425 g/mol. The van der Waals surface area contributed by atoms with E-state index >= 15 is 0 Å². The van der Waals surface area contributed by atoms with Crippen molar-refractivity contribution in [3.05, 3.63) is 34.3 Å². The first-order valence-corrected chi connectivity index (χ1v) is 10.5. The fourth-order valence-electron chi connectivity index (χ4n) is 3.55. The molecule has 0 bridgehead atoms. The van der Waals surface area contributed by atoms with Crippen LogP contribution in [0.25, 0.3) is 0 Å². The zero-order valence-corrected chi connectivity index (χ0v) is 18.8. The van der Waals surface area contributed by atoms with E-state index in [1.807, 2.05) is 45.9 Å². The van der Waals surface area contributed by atoms with Crippen LogP contribution in [0, 0.1) is 12.8 Å². The predicted molar refractivity (Wildman–Crippen MR) is 112 cm³/mol. The highest BCUT2D eigenvalue weighted by atomic mass is 35.5. The number of likely N-dealkylation sites (tertiary alicyclic amines) is 1. The van der Waals surface area contributed by atoms with Gasteiger partial charge in [0.05, 0.1) is 12.7 Å². The lowest BCUT2D eigenvalue weighted by molar-refractivity contribution is -0.152. The van der Waals surface area contributed by atoms with E-state index < -0.39 is 11.6 Å². The Balaban J connectivity index is 2.20. The zero-order valence-electron chi connectivity index (χ0n) is 18.0. The minimum atomic E-state index is -0.545. The van der Waals surface area contributed by atoms with Crippen molar-refractivity contribution in [1.29, 1.82) is 0 Å². The fraction of sp³-hybridized carbons (Fsp3) is 0.636. The SMILES string of the molecule is CCOC(=O)COC(c1ccc(Cl)cc1C)C1CCCN(C(=O)OC(C)(C)C)C1. The maximum Gasteiger partial charge on any atom is 0.410 e. The Labute approximate surface area is 178 Å². The summed E-state index contributed by atoms with van der Waals surface area (Å²) in [5.41, 5.74) is 1.41. The van der Waals surface area contributed by atoms with Gasteiger partial charge in [-0.05, 0) is 70.7 Å². The van der Waals surface area contributed by atoms with Gasteiger partial charge in [-0.3, -0.25) is 0 Å². The molecule has 29 heavy (non-hydrogen) atoms. The van der Waals surface area contributed by atoms with E-state index in [1.54, 1.807) is 11.8 Å². The molecule has 1 amide bonds. The van der Waals surface area contributed by atoms with Gasteiger partial charge in [0, 0.05) is 24.0 Å². The van der Waals surface area contributed by atoms with Crippen molar-refractivity contribution < 1.29 is 23.8 Å². The Bertz CT molecular complexity index is 716. The highest BCUT2D eigenvalue weighted by Crippen LogP contribution is 2.35. The molecular formula is C22H32ClNO5. The van der Waals surface area contributed by atoms with Crippen molar-refractivity contribution in [3.8, 4) is 0 Å². The van der Waals surface area contributed by atoms with Crippen molar-refractivity contribution in [2.24, 2.45) is 5.92 Å². The summed E-state index contributed by atoms with van der Waals surface area (Å²) in [4.78, 5) is 26.2. The molecular weight excluding hydrogens is 394 g/mol. The summed E-state index contributed by atoms with van der Waals surface area (Å²) in [6, 6.07) is 5.63. The molecule has 0 spiro atoms. The second-order valence-electron chi connectivity index (χ2n) is 8.37. The average Bonchev–Trinajstić information content (AvgIpc) is 2.62. The first-order valence-electron chi connectivity index (χ1n) is 10.1. The number of hydrogen-bond acceptors (Lipinski definition) is 5. The summed E-state index contributed by atoms with van der Waals surface area (Å²) in [7, 11) is 0. The normalized spacial score (nSPS) is 18.3. The van der Waals surface area contributed by atoms with Gasteiger partial charge in [0.2, 0.25) is 0 Å². The fourth-order valence-corrected chi connectivity index (χ4v) is 3.77. The largest absolute Gasteiger partial charge is 0.464 e. The van der Waals surface area contributed by atoms with Crippen LogP contribution in [0.3, 0.4) is 0 Å². The molecule has 0 aromatic heterocycles. The lowest BCUT2D eigenvalue weighted by Gasteiger charge is -2.38. The highest BCUT2D eigenvalue weighted by Gasteiger charge is 2.34. The van der Waals surface area contributed by atoms with Gasteiger partial charge in [-0.1, -0.05) is 17.7 Å². The Kier molecular flexibility index (Phi) is 8.34. The van der Waals surface area contributed by atoms with Crippen LogP contribution in [0.5, 0.6) is 0 Å². The number of carbonyl (C=O) groups is 2. The van der Waals surface area contributed by atoms with Gasteiger partial charge < -0.3 is 19.1 Å². The van der Waals surface area contributed by atoms with Crippen LogP contribution < -0.4 is 0 Å². The van der Waals surface area contributed by atoms with E-state index in [0.29, 0.717) is 24.7 Å². The Morgan fingerprint density at radius 3 is 2.66 bits per heavy atom. The molecule has 1 saturated heterocycles. The summed E-state index contributed by atoms with van der Waals surface area (Å²) in [6.07, 6.45) is 1.06. The molecule has 2 unspecified atom stereocenters. The maximum absolute atomic E-state index is 12.6. The molecule has 162 valence electrons. The van der Waals surface area contributed by atoms with E-state index in [2.05, 4.69) is 0 Å². The molecule has 2 rings (SSSR count). The van der Waals surface area contributed by atoms with E-state index in [1.165, 1.54) is 0 Å². The zero-order chi connectivity index (χ0) is 21.6. The van der Waals surface area contributed by atoms with Gasteiger partial charge in [0.25, 0.3) is 0 Å². The minimum absolute atomic E-state index is 0.0329. The van der Waals surface area contributed by atoms with Crippen LogP contribution in [0.15, 0.2) is 18.2 Å². The molecule has 7 heteroatoms. The molecule has 0 radical (unpaired) electrons. The molecule has 1 aliphatic heterocycles. The number of amides is 1. The Morgan fingerprint density at radius 2 is 2.03 bits per heavy atom. The standard InChI is InChI=1S/C22H32ClNO5/c1-6-27-19(25)14-28-20(18-10-9-17(23)12-15(18)2)16-8-7-11-24(13-16)21(26)29-22(3,4)5/h9-10,12,16,20H,6-8,11,13-14H2,1-5H3. The quantitative estimate of drug-likeness (QED) is 0.605. The van der Waals surface area contributed by atoms with E-state index in [-0.39, 0.29) is 24.7 Å². The van der Waals surface area contributed by atoms with Crippen LogP contribution in [0.2, 0.25) is 5.02 Å². The van der Waals surface area contributed by atoms with Crippen molar-refractivity contribution in [1.82, 2.24) is 4.90 Å². The summed E-state index contributed by atoms with van der Waals surface area (Å²) < 4.78 is 16.6. The van der Waals surface area contributed by atoms with Crippen LogP contribution in [-0.2, 0) is 19.0 Å². The number of halogens is 1. The third-order valence-corrected chi connectivity index (χ3v) is 5.00. The number of esters is 1. The highest BCUT2D eigenvalue weighted by molar-refractivity contribution is 6.30.